The molecule has 20 heavy (non-hydrogen) atoms. The molecule has 0 spiro atoms. The lowest BCUT2D eigenvalue weighted by Gasteiger charge is -2.30. The molecule has 1 rings (SSSR count). The molecule has 0 amide bonds. The Morgan fingerprint density at radius 3 is 1.95 bits per heavy atom. The summed E-state index contributed by atoms with van der Waals surface area (Å²) in [6.07, 6.45) is 7.93. The summed E-state index contributed by atoms with van der Waals surface area (Å²) in [5.74, 6) is 0.669. The molecule has 0 bridgehead atoms. The standard InChI is InChI=1S/C17H32O2S/c1-15(2,3)10-8-7-9-13-20(18,19)14-17(11-12-17)16(4,5)6/h7-8H,9-14H2,1-6H3/b8-7-. The van der Waals surface area contributed by atoms with E-state index in [1.54, 1.807) is 0 Å². The van der Waals surface area contributed by atoms with Gasteiger partial charge in [0.05, 0.1) is 11.5 Å². The quantitative estimate of drug-likeness (QED) is 0.671. The number of hydrogen-bond acceptors (Lipinski definition) is 2. The fraction of sp³-hybridized carbons (Fsp3) is 0.882. The summed E-state index contributed by atoms with van der Waals surface area (Å²) in [7, 11) is -2.93. The molecule has 0 aromatic rings. The van der Waals surface area contributed by atoms with Crippen LogP contribution in [0, 0.1) is 16.2 Å². The van der Waals surface area contributed by atoms with Gasteiger partial charge in [0.1, 0.15) is 0 Å². The van der Waals surface area contributed by atoms with Crippen molar-refractivity contribution in [1.29, 1.82) is 0 Å². The van der Waals surface area contributed by atoms with Gasteiger partial charge in [-0.15, -0.1) is 0 Å². The molecule has 2 nitrogen and oxygen atoms in total. The average Bonchev–Trinajstić information content (AvgIpc) is 2.94. The zero-order valence-electron chi connectivity index (χ0n) is 14.1. The Kier molecular flexibility index (Phi) is 5.17. The molecule has 1 saturated carbocycles. The molecular formula is C17H32O2S. The molecule has 0 unspecified atom stereocenters. The first-order valence-electron chi connectivity index (χ1n) is 7.72. The Bertz CT molecular complexity index is 440. The first kappa shape index (κ1) is 17.7. The predicted octanol–water partition coefficient (Wildman–Crippen LogP) is 4.61. The number of sulfone groups is 1. The molecule has 118 valence electrons. The molecule has 0 aliphatic heterocycles. The molecule has 0 atom stereocenters. The van der Waals surface area contributed by atoms with E-state index in [-0.39, 0.29) is 16.2 Å². The molecule has 3 heteroatoms. The van der Waals surface area contributed by atoms with Crippen molar-refractivity contribution in [3.63, 3.8) is 0 Å². The van der Waals surface area contributed by atoms with Crippen LogP contribution in [0.2, 0.25) is 0 Å². The Morgan fingerprint density at radius 1 is 1.00 bits per heavy atom. The number of allylic oxidation sites excluding steroid dienone is 2. The van der Waals surface area contributed by atoms with Gasteiger partial charge in [-0.2, -0.15) is 0 Å². The van der Waals surface area contributed by atoms with Crippen molar-refractivity contribution >= 4 is 9.84 Å². The second kappa shape index (κ2) is 5.82. The molecule has 0 heterocycles. The Balaban J connectivity index is 2.44. The van der Waals surface area contributed by atoms with Gasteiger partial charge in [-0.25, -0.2) is 8.42 Å². The maximum atomic E-state index is 12.3. The lowest BCUT2D eigenvalue weighted by atomic mass is 9.79. The molecule has 0 N–H and O–H groups in total. The van der Waals surface area contributed by atoms with E-state index in [1.807, 2.05) is 6.08 Å². The fourth-order valence-corrected chi connectivity index (χ4v) is 4.76. The third-order valence-corrected chi connectivity index (χ3v) is 6.28. The van der Waals surface area contributed by atoms with Crippen molar-refractivity contribution in [2.45, 2.75) is 67.2 Å². The van der Waals surface area contributed by atoms with Crippen molar-refractivity contribution in [1.82, 2.24) is 0 Å². The summed E-state index contributed by atoms with van der Waals surface area (Å²) in [5.41, 5.74) is 0.419. The highest BCUT2D eigenvalue weighted by molar-refractivity contribution is 7.91. The van der Waals surface area contributed by atoms with Gasteiger partial charge in [0.2, 0.25) is 0 Å². The van der Waals surface area contributed by atoms with Gasteiger partial charge in [-0.05, 0) is 41.9 Å². The van der Waals surface area contributed by atoms with E-state index < -0.39 is 9.84 Å². The van der Waals surface area contributed by atoms with Crippen molar-refractivity contribution in [2.75, 3.05) is 11.5 Å². The Labute approximate surface area is 126 Å². The smallest absolute Gasteiger partial charge is 0.151 e. The van der Waals surface area contributed by atoms with Crippen molar-refractivity contribution < 1.29 is 8.42 Å². The van der Waals surface area contributed by atoms with Gasteiger partial charge >= 0.3 is 0 Å². The van der Waals surface area contributed by atoms with Crippen LogP contribution in [0.1, 0.15) is 67.2 Å². The first-order chi connectivity index (χ1) is 8.87. The van der Waals surface area contributed by atoms with Gasteiger partial charge in [0.15, 0.2) is 9.84 Å². The average molecular weight is 301 g/mol. The van der Waals surface area contributed by atoms with E-state index >= 15 is 0 Å². The maximum Gasteiger partial charge on any atom is 0.151 e. The normalized spacial score (nSPS) is 19.5. The molecule has 1 aliphatic carbocycles. The minimum absolute atomic E-state index is 0.0426. The van der Waals surface area contributed by atoms with Crippen LogP contribution in [0.5, 0.6) is 0 Å². The Morgan fingerprint density at radius 2 is 1.55 bits per heavy atom. The van der Waals surface area contributed by atoms with Crippen LogP contribution in [-0.2, 0) is 9.84 Å². The SMILES string of the molecule is CC(C)(C)C/C=C\CCS(=O)(=O)CC1(C(C)(C)C)CC1. The van der Waals surface area contributed by atoms with Gasteiger partial charge in [-0.3, -0.25) is 0 Å². The fourth-order valence-electron chi connectivity index (χ4n) is 2.56. The van der Waals surface area contributed by atoms with Gasteiger partial charge in [0, 0.05) is 0 Å². The zero-order valence-corrected chi connectivity index (χ0v) is 14.9. The third-order valence-electron chi connectivity index (χ3n) is 4.43. The zero-order chi connectivity index (χ0) is 15.7. The van der Waals surface area contributed by atoms with Crippen LogP contribution in [0.15, 0.2) is 12.2 Å². The van der Waals surface area contributed by atoms with Crippen LogP contribution >= 0.6 is 0 Å². The lowest BCUT2D eigenvalue weighted by molar-refractivity contribution is 0.239. The topological polar surface area (TPSA) is 34.1 Å². The summed E-state index contributed by atoms with van der Waals surface area (Å²) in [4.78, 5) is 0. The van der Waals surface area contributed by atoms with Crippen LogP contribution in [0.25, 0.3) is 0 Å². The van der Waals surface area contributed by atoms with E-state index in [4.69, 9.17) is 0 Å². The summed E-state index contributed by atoms with van der Waals surface area (Å²) in [6, 6.07) is 0. The second-order valence-corrected chi connectivity index (χ2v) is 10.8. The largest absolute Gasteiger partial charge is 0.229 e. The molecular weight excluding hydrogens is 268 g/mol. The molecule has 0 aromatic heterocycles. The highest BCUT2D eigenvalue weighted by Crippen LogP contribution is 2.59. The molecule has 1 fully saturated rings. The highest BCUT2D eigenvalue weighted by atomic mass is 32.2. The van der Waals surface area contributed by atoms with E-state index in [0.29, 0.717) is 17.9 Å². The summed E-state index contributed by atoms with van der Waals surface area (Å²) < 4.78 is 24.5. The van der Waals surface area contributed by atoms with E-state index in [9.17, 15) is 8.42 Å². The van der Waals surface area contributed by atoms with Crippen molar-refractivity contribution in [3.8, 4) is 0 Å². The van der Waals surface area contributed by atoms with Crippen LogP contribution < -0.4 is 0 Å². The predicted molar refractivity (Wildman–Crippen MR) is 87.6 cm³/mol. The molecule has 1 aliphatic rings. The van der Waals surface area contributed by atoms with Crippen LogP contribution in [0.3, 0.4) is 0 Å². The minimum Gasteiger partial charge on any atom is -0.229 e. The summed E-state index contributed by atoms with van der Waals surface area (Å²) in [6.45, 7) is 13.1. The number of rotatable bonds is 6. The van der Waals surface area contributed by atoms with Gasteiger partial charge < -0.3 is 0 Å². The van der Waals surface area contributed by atoms with E-state index in [0.717, 1.165) is 19.3 Å². The molecule has 0 saturated heterocycles. The molecule has 0 aromatic carbocycles. The van der Waals surface area contributed by atoms with Crippen molar-refractivity contribution in [2.24, 2.45) is 16.2 Å². The third kappa shape index (κ3) is 5.59. The van der Waals surface area contributed by atoms with Crippen molar-refractivity contribution in [3.05, 3.63) is 12.2 Å². The Hall–Kier alpha value is -0.310. The first-order valence-corrected chi connectivity index (χ1v) is 9.55. The van der Waals surface area contributed by atoms with E-state index in [1.165, 1.54) is 0 Å². The monoisotopic (exact) mass is 300 g/mol. The summed E-state index contributed by atoms with van der Waals surface area (Å²) >= 11 is 0. The van der Waals surface area contributed by atoms with Gasteiger partial charge in [0.25, 0.3) is 0 Å². The second-order valence-electron chi connectivity index (χ2n) is 8.65. The lowest BCUT2D eigenvalue weighted by Crippen LogP contribution is -2.30. The highest BCUT2D eigenvalue weighted by Gasteiger charge is 2.53. The van der Waals surface area contributed by atoms with Crippen LogP contribution in [-0.4, -0.2) is 19.9 Å². The summed E-state index contributed by atoms with van der Waals surface area (Å²) in [5, 5.41) is 0. The van der Waals surface area contributed by atoms with E-state index in [2.05, 4.69) is 47.6 Å². The molecule has 0 radical (unpaired) electrons. The van der Waals surface area contributed by atoms with Gasteiger partial charge in [-0.1, -0.05) is 53.7 Å². The number of hydrogen-bond donors (Lipinski definition) is 0. The minimum atomic E-state index is -2.93. The maximum absolute atomic E-state index is 12.3. The van der Waals surface area contributed by atoms with Crippen LogP contribution in [0.4, 0.5) is 0 Å².